The molecule has 1 nitrogen and oxygen atoms in total. The standard InChI is InChI=1S/C19H32O/c1-2-3-14-4-5-18-13-17(7-6-16(18)12-14)15-8-10-19(20)11-9-15/h14-18H,2-13H2,1H3/t14?,16-,17?,18+/m0/s1. The molecule has 4 atom stereocenters. The molecule has 0 saturated heterocycles. The van der Waals surface area contributed by atoms with Gasteiger partial charge in [0.25, 0.3) is 0 Å². The third kappa shape index (κ3) is 3.28. The topological polar surface area (TPSA) is 17.1 Å². The van der Waals surface area contributed by atoms with Gasteiger partial charge in [-0.1, -0.05) is 26.2 Å². The van der Waals surface area contributed by atoms with Gasteiger partial charge in [0.2, 0.25) is 0 Å². The lowest BCUT2D eigenvalue weighted by Gasteiger charge is -2.44. The van der Waals surface area contributed by atoms with Crippen LogP contribution >= 0.6 is 0 Å². The Morgan fingerprint density at radius 1 is 0.800 bits per heavy atom. The third-order valence-corrected chi connectivity index (χ3v) is 6.71. The normalized spacial score (nSPS) is 39.5. The van der Waals surface area contributed by atoms with Crippen molar-refractivity contribution in [1.29, 1.82) is 0 Å². The highest BCUT2D eigenvalue weighted by molar-refractivity contribution is 5.79. The van der Waals surface area contributed by atoms with Gasteiger partial charge < -0.3 is 0 Å². The predicted octanol–water partition coefficient (Wildman–Crippen LogP) is 5.38. The van der Waals surface area contributed by atoms with Crippen LogP contribution in [0, 0.1) is 29.6 Å². The molecule has 0 aromatic heterocycles. The Bertz CT molecular complexity index is 325. The van der Waals surface area contributed by atoms with Crippen LogP contribution in [0.5, 0.6) is 0 Å². The highest BCUT2D eigenvalue weighted by atomic mass is 16.1. The van der Waals surface area contributed by atoms with Gasteiger partial charge in [0.15, 0.2) is 0 Å². The van der Waals surface area contributed by atoms with E-state index in [0.29, 0.717) is 5.78 Å². The Hall–Kier alpha value is -0.330. The number of Topliss-reactive ketones (excluding diaryl/α,β-unsaturated/α-hetero) is 1. The van der Waals surface area contributed by atoms with Gasteiger partial charge in [-0.15, -0.1) is 0 Å². The summed E-state index contributed by atoms with van der Waals surface area (Å²) in [6.45, 7) is 2.34. The first-order chi connectivity index (χ1) is 9.76. The Labute approximate surface area is 124 Å². The minimum Gasteiger partial charge on any atom is -0.300 e. The third-order valence-electron chi connectivity index (χ3n) is 6.71. The summed E-state index contributed by atoms with van der Waals surface area (Å²) in [5.41, 5.74) is 0. The van der Waals surface area contributed by atoms with E-state index >= 15 is 0 Å². The summed E-state index contributed by atoms with van der Waals surface area (Å²) < 4.78 is 0. The Morgan fingerprint density at radius 3 is 2.10 bits per heavy atom. The van der Waals surface area contributed by atoms with Crippen molar-refractivity contribution in [2.75, 3.05) is 0 Å². The van der Waals surface area contributed by atoms with Gasteiger partial charge in [-0.2, -0.15) is 0 Å². The second-order valence-corrected chi connectivity index (χ2v) is 7.94. The van der Waals surface area contributed by atoms with E-state index in [1.165, 1.54) is 64.2 Å². The number of rotatable bonds is 3. The quantitative estimate of drug-likeness (QED) is 0.676. The molecular weight excluding hydrogens is 244 g/mol. The average molecular weight is 276 g/mol. The van der Waals surface area contributed by atoms with E-state index in [2.05, 4.69) is 6.92 Å². The molecule has 3 rings (SSSR count). The molecule has 2 unspecified atom stereocenters. The fourth-order valence-electron chi connectivity index (χ4n) is 5.55. The van der Waals surface area contributed by atoms with Crippen molar-refractivity contribution in [3.8, 4) is 0 Å². The van der Waals surface area contributed by atoms with Crippen LogP contribution in [0.2, 0.25) is 0 Å². The van der Waals surface area contributed by atoms with Crippen molar-refractivity contribution in [2.24, 2.45) is 29.6 Å². The number of carbonyl (C=O) groups is 1. The molecule has 0 N–H and O–H groups in total. The first-order valence-corrected chi connectivity index (χ1v) is 9.28. The van der Waals surface area contributed by atoms with Crippen LogP contribution in [-0.2, 0) is 4.79 Å². The summed E-state index contributed by atoms with van der Waals surface area (Å²) in [5, 5.41) is 0. The first kappa shape index (κ1) is 14.6. The van der Waals surface area contributed by atoms with Gasteiger partial charge in [0.05, 0.1) is 0 Å². The number of fused-ring (bicyclic) bond motifs is 1. The van der Waals surface area contributed by atoms with E-state index < -0.39 is 0 Å². The summed E-state index contributed by atoms with van der Waals surface area (Å²) in [6, 6.07) is 0. The van der Waals surface area contributed by atoms with Crippen molar-refractivity contribution in [2.45, 2.75) is 84.0 Å². The van der Waals surface area contributed by atoms with Crippen molar-refractivity contribution in [3.05, 3.63) is 0 Å². The molecule has 3 saturated carbocycles. The molecule has 114 valence electrons. The molecule has 0 radical (unpaired) electrons. The molecule has 0 spiro atoms. The summed E-state index contributed by atoms with van der Waals surface area (Å²) in [7, 11) is 0. The molecule has 0 heterocycles. The maximum Gasteiger partial charge on any atom is 0.132 e. The van der Waals surface area contributed by atoms with Gasteiger partial charge in [-0.25, -0.2) is 0 Å². The number of ketones is 1. The first-order valence-electron chi connectivity index (χ1n) is 9.28. The maximum absolute atomic E-state index is 11.4. The van der Waals surface area contributed by atoms with Gasteiger partial charge in [-0.3, -0.25) is 4.79 Å². The predicted molar refractivity (Wildman–Crippen MR) is 83.5 cm³/mol. The smallest absolute Gasteiger partial charge is 0.132 e. The Kier molecular flexibility index (Phi) is 4.83. The fourth-order valence-corrected chi connectivity index (χ4v) is 5.55. The van der Waals surface area contributed by atoms with Gasteiger partial charge in [-0.05, 0) is 74.5 Å². The van der Waals surface area contributed by atoms with E-state index in [1.54, 1.807) is 0 Å². The summed E-state index contributed by atoms with van der Waals surface area (Å²) in [6.07, 6.45) is 16.1. The van der Waals surface area contributed by atoms with Gasteiger partial charge >= 0.3 is 0 Å². The second-order valence-electron chi connectivity index (χ2n) is 7.94. The number of carbonyl (C=O) groups excluding carboxylic acids is 1. The van der Waals surface area contributed by atoms with E-state index in [1.807, 2.05) is 0 Å². The maximum atomic E-state index is 11.4. The summed E-state index contributed by atoms with van der Waals surface area (Å²) in [4.78, 5) is 11.4. The van der Waals surface area contributed by atoms with Crippen LogP contribution in [-0.4, -0.2) is 5.78 Å². The SMILES string of the molecule is CCCC1CC[C@@H]2CC(C3CCC(=O)CC3)CC[C@H]2C1. The molecule has 0 aliphatic heterocycles. The van der Waals surface area contributed by atoms with Crippen LogP contribution in [0.4, 0.5) is 0 Å². The minimum absolute atomic E-state index is 0.523. The van der Waals surface area contributed by atoms with Crippen LogP contribution in [0.3, 0.4) is 0 Å². The summed E-state index contributed by atoms with van der Waals surface area (Å²) >= 11 is 0. The van der Waals surface area contributed by atoms with E-state index in [9.17, 15) is 4.79 Å². The molecule has 0 aromatic carbocycles. The van der Waals surface area contributed by atoms with Crippen molar-refractivity contribution < 1.29 is 4.79 Å². The molecule has 0 amide bonds. The number of hydrogen-bond acceptors (Lipinski definition) is 1. The minimum atomic E-state index is 0.523. The monoisotopic (exact) mass is 276 g/mol. The summed E-state index contributed by atoms with van der Waals surface area (Å²) in [5.74, 6) is 5.52. The van der Waals surface area contributed by atoms with E-state index in [0.717, 1.165) is 42.4 Å². The molecule has 20 heavy (non-hydrogen) atoms. The number of hydrogen-bond donors (Lipinski definition) is 0. The van der Waals surface area contributed by atoms with Crippen molar-refractivity contribution in [1.82, 2.24) is 0 Å². The van der Waals surface area contributed by atoms with E-state index in [4.69, 9.17) is 0 Å². The van der Waals surface area contributed by atoms with Crippen LogP contribution in [0.25, 0.3) is 0 Å². The second kappa shape index (κ2) is 6.62. The Balaban J connectivity index is 1.51. The van der Waals surface area contributed by atoms with Crippen molar-refractivity contribution >= 4 is 5.78 Å². The molecule has 0 bridgehead atoms. The molecule has 0 aromatic rings. The highest BCUT2D eigenvalue weighted by Gasteiger charge is 2.38. The average Bonchev–Trinajstić information content (AvgIpc) is 2.48. The molecule has 3 fully saturated rings. The fraction of sp³-hybridized carbons (Fsp3) is 0.947. The zero-order chi connectivity index (χ0) is 13.9. The highest BCUT2D eigenvalue weighted by Crippen LogP contribution is 2.48. The van der Waals surface area contributed by atoms with Crippen molar-refractivity contribution in [3.63, 3.8) is 0 Å². The molecule has 3 aliphatic rings. The largest absolute Gasteiger partial charge is 0.300 e. The van der Waals surface area contributed by atoms with Crippen LogP contribution in [0.15, 0.2) is 0 Å². The Morgan fingerprint density at radius 2 is 1.40 bits per heavy atom. The lowest BCUT2D eigenvalue weighted by atomic mass is 9.61. The lowest BCUT2D eigenvalue weighted by molar-refractivity contribution is -0.121. The lowest BCUT2D eigenvalue weighted by Crippen LogP contribution is -2.34. The van der Waals surface area contributed by atoms with Gasteiger partial charge in [0, 0.05) is 12.8 Å². The zero-order valence-corrected chi connectivity index (χ0v) is 13.3. The zero-order valence-electron chi connectivity index (χ0n) is 13.3. The van der Waals surface area contributed by atoms with E-state index in [-0.39, 0.29) is 0 Å². The van der Waals surface area contributed by atoms with Crippen LogP contribution < -0.4 is 0 Å². The van der Waals surface area contributed by atoms with Gasteiger partial charge in [0.1, 0.15) is 5.78 Å². The molecule has 3 aliphatic carbocycles. The molecular formula is C19H32O. The van der Waals surface area contributed by atoms with Crippen LogP contribution in [0.1, 0.15) is 84.0 Å². The molecule has 1 heteroatoms.